The van der Waals surface area contributed by atoms with Crippen LogP contribution in [0.15, 0.2) is 53.4 Å². The maximum absolute atomic E-state index is 12.7. The van der Waals surface area contributed by atoms with E-state index in [9.17, 15) is 4.21 Å². The minimum atomic E-state index is -0.960. The molecular weight excluding hydrogens is 392 g/mol. The van der Waals surface area contributed by atoms with Crippen molar-refractivity contribution >= 4 is 33.2 Å². The van der Waals surface area contributed by atoms with Gasteiger partial charge in [0, 0.05) is 46.9 Å². The Morgan fingerprint density at radius 2 is 1.97 bits per heavy atom. The second kappa shape index (κ2) is 8.36. The second-order valence-electron chi connectivity index (χ2n) is 8.30. The summed E-state index contributed by atoms with van der Waals surface area (Å²) in [6.45, 7) is 5.71. The van der Waals surface area contributed by atoms with Crippen LogP contribution in [0, 0.1) is 6.92 Å². The average Bonchev–Trinajstić information content (AvgIpc) is 2.94. The Hall–Kier alpha value is -2.44. The number of nitrogens with one attached hydrogen (secondary N) is 2. The Bertz CT molecular complexity index is 1090. The van der Waals surface area contributed by atoms with Crippen molar-refractivity contribution in [3.63, 3.8) is 0 Å². The van der Waals surface area contributed by atoms with Crippen LogP contribution in [0.2, 0.25) is 0 Å². The monoisotopic (exact) mass is 420 g/mol. The van der Waals surface area contributed by atoms with Crippen LogP contribution < -0.4 is 15.5 Å². The normalized spacial score (nSPS) is 20.0. The Kier molecular flexibility index (Phi) is 5.44. The van der Waals surface area contributed by atoms with Crippen molar-refractivity contribution in [1.82, 2.24) is 10.3 Å². The molecule has 2 aliphatic rings. The van der Waals surface area contributed by atoms with Crippen molar-refractivity contribution in [2.24, 2.45) is 0 Å². The summed E-state index contributed by atoms with van der Waals surface area (Å²) in [5.74, 6) is 1.58. The number of benzene rings is 2. The van der Waals surface area contributed by atoms with Gasteiger partial charge in [-0.15, -0.1) is 0 Å². The molecule has 0 amide bonds. The minimum absolute atomic E-state index is 0.475. The number of rotatable bonds is 3. The molecule has 156 valence electrons. The van der Waals surface area contributed by atoms with E-state index in [-0.39, 0.29) is 0 Å². The van der Waals surface area contributed by atoms with Gasteiger partial charge in [0.15, 0.2) is 0 Å². The van der Waals surface area contributed by atoms with Crippen molar-refractivity contribution < 1.29 is 4.21 Å². The molecule has 6 heteroatoms. The van der Waals surface area contributed by atoms with Crippen LogP contribution in [-0.4, -0.2) is 40.6 Å². The Morgan fingerprint density at radius 1 is 1.13 bits per heavy atom. The standard InChI is InChI=1S/C24H28N4OS/c1-17-6-7-21-20(14-17)22(26-19-8-10-25-11-9-19)15-24(27-21)28-12-13-30(29)23-5-3-2-4-18(23)16-28/h2-7,14-15,19,25H,8-13,16H2,1H3,(H,26,27). The highest BCUT2D eigenvalue weighted by molar-refractivity contribution is 7.85. The predicted octanol–water partition coefficient (Wildman–Crippen LogP) is 3.83. The molecule has 1 aromatic heterocycles. The maximum Gasteiger partial charge on any atom is 0.131 e. The van der Waals surface area contributed by atoms with Gasteiger partial charge in [0.05, 0.1) is 16.3 Å². The smallest absolute Gasteiger partial charge is 0.131 e. The number of pyridine rings is 1. The van der Waals surface area contributed by atoms with Crippen LogP contribution in [0.4, 0.5) is 11.5 Å². The fraction of sp³-hybridized carbons (Fsp3) is 0.375. The van der Waals surface area contributed by atoms with E-state index >= 15 is 0 Å². The fourth-order valence-corrected chi connectivity index (χ4v) is 5.69. The topological polar surface area (TPSA) is 57.3 Å². The molecule has 5 nitrogen and oxygen atoms in total. The van der Waals surface area contributed by atoms with Crippen molar-refractivity contribution in [1.29, 1.82) is 0 Å². The number of aromatic nitrogens is 1. The van der Waals surface area contributed by atoms with Crippen molar-refractivity contribution in [3.05, 3.63) is 59.7 Å². The summed E-state index contributed by atoms with van der Waals surface area (Å²) in [5.41, 5.74) is 4.54. The molecule has 1 saturated heterocycles. The number of anilines is 2. The molecule has 2 N–H and O–H groups in total. The van der Waals surface area contributed by atoms with Gasteiger partial charge in [-0.25, -0.2) is 4.98 Å². The third-order valence-corrected chi connectivity index (χ3v) is 7.54. The molecule has 2 aliphatic heterocycles. The van der Waals surface area contributed by atoms with Crippen LogP contribution in [-0.2, 0) is 17.3 Å². The Morgan fingerprint density at radius 3 is 2.83 bits per heavy atom. The molecule has 1 fully saturated rings. The third kappa shape index (κ3) is 3.94. The lowest BCUT2D eigenvalue weighted by Crippen LogP contribution is -2.35. The molecule has 2 aromatic carbocycles. The van der Waals surface area contributed by atoms with E-state index in [0.29, 0.717) is 11.8 Å². The number of nitrogens with zero attached hydrogens (tertiary/aromatic N) is 2. The van der Waals surface area contributed by atoms with E-state index in [1.165, 1.54) is 10.9 Å². The van der Waals surface area contributed by atoms with E-state index in [2.05, 4.69) is 52.8 Å². The van der Waals surface area contributed by atoms with Crippen LogP contribution in [0.3, 0.4) is 0 Å². The van der Waals surface area contributed by atoms with Crippen molar-refractivity contribution in [3.8, 4) is 0 Å². The fourth-order valence-electron chi connectivity index (χ4n) is 4.43. The summed E-state index contributed by atoms with van der Waals surface area (Å²) in [6, 6.07) is 17.2. The number of hydrogen-bond donors (Lipinski definition) is 2. The van der Waals surface area contributed by atoms with Crippen LogP contribution in [0.5, 0.6) is 0 Å². The number of hydrogen-bond acceptors (Lipinski definition) is 5. The molecule has 30 heavy (non-hydrogen) atoms. The predicted molar refractivity (Wildman–Crippen MR) is 125 cm³/mol. The van der Waals surface area contributed by atoms with Crippen LogP contribution in [0.1, 0.15) is 24.0 Å². The lowest BCUT2D eigenvalue weighted by atomic mass is 10.0. The zero-order chi connectivity index (χ0) is 20.5. The highest BCUT2D eigenvalue weighted by Gasteiger charge is 2.22. The average molecular weight is 421 g/mol. The lowest BCUT2D eigenvalue weighted by Gasteiger charge is -2.27. The first-order valence-electron chi connectivity index (χ1n) is 10.8. The molecule has 0 saturated carbocycles. The molecule has 0 spiro atoms. The summed E-state index contributed by atoms with van der Waals surface area (Å²) >= 11 is 0. The zero-order valence-electron chi connectivity index (χ0n) is 17.4. The molecule has 0 aliphatic carbocycles. The molecule has 0 bridgehead atoms. The summed E-state index contributed by atoms with van der Waals surface area (Å²) < 4.78 is 12.7. The molecule has 0 radical (unpaired) electrons. The van der Waals surface area contributed by atoms with Crippen LogP contribution >= 0.6 is 0 Å². The summed E-state index contributed by atoms with van der Waals surface area (Å²) in [5, 5.41) is 8.43. The van der Waals surface area contributed by atoms with Crippen molar-refractivity contribution in [2.75, 3.05) is 35.6 Å². The molecule has 5 rings (SSSR count). The Balaban J connectivity index is 1.54. The summed E-state index contributed by atoms with van der Waals surface area (Å²) in [6.07, 6.45) is 2.25. The van der Waals surface area contributed by atoms with E-state index in [0.717, 1.165) is 66.5 Å². The molecule has 1 unspecified atom stereocenters. The van der Waals surface area contributed by atoms with Gasteiger partial charge in [-0.3, -0.25) is 4.21 Å². The van der Waals surface area contributed by atoms with Gasteiger partial charge in [-0.05, 0) is 56.6 Å². The number of piperidine rings is 1. The zero-order valence-corrected chi connectivity index (χ0v) is 18.2. The molecule has 3 heterocycles. The number of fused-ring (bicyclic) bond motifs is 2. The van der Waals surface area contributed by atoms with Gasteiger partial charge in [-0.1, -0.05) is 29.8 Å². The van der Waals surface area contributed by atoms with Gasteiger partial charge in [0.25, 0.3) is 0 Å². The first-order valence-corrected chi connectivity index (χ1v) is 12.1. The highest BCUT2D eigenvalue weighted by Crippen LogP contribution is 2.31. The number of aryl methyl sites for hydroxylation is 1. The molecule has 3 aromatic rings. The lowest BCUT2D eigenvalue weighted by molar-refractivity contribution is 0.479. The van der Waals surface area contributed by atoms with Gasteiger partial charge in [-0.2, -0.15) is 0 Å². The van der Waals surface area contributed by atoms with Crippen LogP contribution in [0.25, 0.3) is 10.9 Å². The third-order valence-electron chi connectivity index (χ3n) is 6.10. The SMILES string of the molecule is Cc1ccc2nc(N3CCS(=O)c4ccccc4C3)cc(NC3CCNCC3)c2c1. The first kappa shape index (κ1) is 19.5. The van der Waals surface area contributed by atoms with Crippen molar-refractivity contribution in [2.45, 2.75) is 37.2 Å². The van der Waals surface area contributed by atoms with E-state index in [1.807, 2.05) is 18.2 Å². The summed E-state index contributed by atoms with van der Waals surface area (Å²) in [4.78, 5) is 8.24. The van der Waals surface area contributed by atoms with Gasteiger partial charge in [0.1, 0.15) is 5.82 Å². The molecule has 1 atom stereocenters. The highest BCUT2D eigenvalue weighted by atomic mass is 32.2. The maximum atomic E-state index is 12.7. The van der Waals surface area contributed by atoms with Gasteiger partial charge >= 0.3 is 0 Å². The van der Waals surface area contributed by atoms with Gasteiger partial charge in [0.2, 0.25) is 0 Å². The first-order chi connectivity index (χ1) is 14.7. The van der Waals surface area contributed by atoms with E-state index < -0.39 is 10.8 Å². The largest absolute Gasteiger partial charge is 0.382 e. The summed E-state index contributed by atoms with van der Waals surface area (Å²) in [7, 11) is -0.960. The van der Waals surface area contributed by atoms with E-state index in [1.54, 1.807) is 0 Å². The van der Waals surface area contributed by atoms with Gasteiger partial charge < -0.3 is 15.5 Å². The van der Waals surface area contributed by atoms with E-state index in [4.69, 9.17) is 4.98 Å². The molecular formula is C24H28N4OS. The quantitative estimate of drug-likeness (QED) is 0.674. The minimum Gasteiger partial charge on any atom is -0.382 e. The Labute approximate surface area is 180 Å². The second-order valence-corrected chi connectivity index (χ2v) is 9.84.